The van der Waals surface area contributed by atoms with Crippen LogP contribution >= 0.6 is 34.9 Å². The lowest BCUT2D eigenvalue weighted by Crippen LogP contribution is -2.70. The third-order valence-corrected chi connectivity index (χ3v) is 9.58. The highest BCUT2D eigenvalue weighted by molar-refractivity contribution is 8.01. The number of β-lactam (4-membered cyclic amide) rings is 1. The topological polar surface area (TPSA) is 145 Å². The van der Waals surface area contributed by atoms with E-state index in [0.29, 0.717) is 26.3 Å². The Morgan fingerprint density at radius 1 is 1.45 bits per heavy atom. The molecule has 1 saturated heterocycles. The van der Waals surface area contributed by atoms with Gasteiger partial charge >= 0.3 is 5.97 Å². The van der Waals surface area contributed by atoms with Crippen molar-refractivity contribution in [3.8, 4) is 0 Å². The molecule has 2 aliphatic heterocycles. The van der Waals surface area contributed by atoms with E-state index in [2.05, 4.69) is 20.7 Å². The molecule has 0 bridgehead atoms. The number of nitrogens with zero attached hydrogens (tertiary/aromatic N) is 3. The number of aromatic amines is 1. The van der Waals surface area contributed by atoms with E-state index >= 15 is 0 Å². The van der Waals surface area contributed by atoms with Crippen molar-refractivity contribution in [3.05, 3.63) is 35.0 Å². The lowest BCUT2D eigenvalue weighted by molar-refractivity contribution is -0.150. The molecule has 4 rings (SSSR count). The number of carbonyl (C=O) groups is 3. The van der Waals surface area contributed by atoms with Crippen molar-refractivity contribution >= 4 is 63.4 Å². The number of carboxylic acids is 1. The third kappa shape index (κ3) is 4.71. The largest absolute Gasteiger partial charge is 0.477 e. The fourth-order valence-electron chi connectivity index (χ4n) is 3.14. The molecule has 2 aromatic heterocycles. The van der Waals surface area contributed by atoms with E-state index in [1.165, 1.54) is 46.0 Å². The number of aliphatic carboxylic acids is 1. The summed E-state index contributed by atoms with van der Waals surface area (Å²) >= 11 is 4.10. The number of hydrogen-bond donors (Lipinski definition) is 3. The van der Waals surface area contributed by atoms with Crippen LogP contribution in [0.15, 0.2) is 44.2 Å². The summed E-state index contributed by atoms with van der Waals surface area (Å²) in [5, 5.41) is 24.5. The number of carboxylic acid groups (broad SMARTS) is 1. The first-order chi connectivity index (χ1) is 15.0. The Labute approximate surface area is 191 Å². The molecule has 10 nitrogen and oxygen atoms in total. The van der Waals surface area contributed by atoms with E-state index in [9.17, 15) is 23.7 Å². The van der Waals surface area contributed by atoms with Crippen molar-refractivity contribution in [1.29, 1.82) is 0 Å². The van der Waals surface area contributed by atoms with Gasteiger partial charge in [0.25, 0.3) is 5.91 Å². The van der Waals surface area contributed by atoms with Crippen molar-refractivity contribution in [3.63, 3.8) is 0 Å². The summed E-state index contributed by atoms with van der Waals surface area (Å²) < 4.78 is 12.9. The van der Waals surface area contributed by atoms with Gasteiger partial charge in [-0.1, -0.05) is 17.8 Å². The highest BCUT2D eigenvalue weighted by Crippen LogP contribution is 2.41. The first-order valence-corrected chi connectivity index (χ1v) is 13.3. The number of amides is 2. The molecule has 0 aliphatic carbocycles. The van der Waals surface area contributed by atoms with Crippen molar-refractivity contribution in [2.45, 2.75) is 27.1 Å². The molecule has 3 atom stereocenters. The van der Waals surface area contributed by atoms with Gasteiger partial charge in [0.15, 0.2) is 0 Å². The number of aromatic nitrogens is 3. The van der Waals surface area contributed by atoms with Crippen LogP contribution in [-0.4, -0.2) is 76.1 Å². The van der Waals surface area contributed by atoms with Crippen LogP contribution in [0.25, 0.3) is 0 Å². The van der Waals surface area contributed by atoms with E-state index in [4.69, 9.17) is 0 Å². The van der Waals surface area contributed by atoms with Crippen LogP contribution in [0.2, 0.25) is 0 Å². The Morgan fingerprint density at radius 2 is 2.29 bits per heavy atom. The van der Waals surface area contributed by atoms with Crippen molar-refractivity contribution < 1.29 is 23.7 Å². The van der Waals surface area contributed by atoms with Gasteiger partial charge in [-0.3, -0.25) is 18.7 Å². The number of rotatable bonds is 9. The van der Waals surface area contributed by atoms with Crippen LogP contribution in [-0.2, 0) is 25.2 Å². The molecule has 3 N–H and O–H groups in total. The Kier molecular flexibility index (Phi) is 6.79. The summed E-state index contributed by atoms with van der Waals surface area (Å²) in [6.07, 6.45) is 1.56. The van der Waals surface area contributed by atoms with Gasteiger partial charge in [0, 0.05) is 23.7 Å². The summed E-state index contributed by atoms with van der Waals surface area (Å²) in [4.78, 5) is 38.0. The number of thiophene rings is 1. The lowest BCUT2D eigenvalue weighted by Gasteiger charge is -2.49. The van der Waals surface area contributed by atoms with Crippen molar-refractivity contribution in [2.75, 3.05) is 17.3 Å². The van der Waals surface area contributed by atoms with Crippen LogP contribution < -0.4 is 5.32 Å². The summed E-state index contributed by atoms with van der Waals surface area (Å²) in [5.41, 5.74) is 0.584. The molecule has 1 fully saturated rings. The molecule has 164 valence electrons. The first kappa shape index (κ1) is 22.0. The number of thioether (sulfide) groups is 2. The van der Waals surface area contributed by atoms with Gasteiger partial charge in [-0.2, -0.15) is 10.3 Å². The van der Waals surface area contributed by atoms with E-state index in [1.54, 1.807) is 12.1 Å². The molecular weight excluding hydrogens is 482 g/mol. The van der Waals surface area contributed by atoms with Crippen molar-refractivity contribution in [1.82, 2.24) is 25.6 Å². The molecule has 4 heterocycles. The zero-order valence-electron chi connectivity index (χ0n) is 15.8. The molecule has 2 unspecified atom stereocenters. The van der Waals surface area contributed by atoms with Crippen molar-refractivity contribution in [2.24, 2.45) is 0 Å². The molecule has 2 aromatic rings. The van der Waals surface area contributed by atoms with Gasteiger partial charge in [-0.15, -0.1) is 28.2 Å². The number of nitrogens with one attached hydrogen (secondary N) is 2. The Morgan fingerprint density at radius 3 is 2.97 bits per heavy atom. The van der Waals surface area contributed by atoms with Gasteiger partial charge in [-0.25, -0.2) is 4.79 Å². The maximum absolute atomic E-state index is 12.7. The Hall–Kier alpha value is -2.16. The molecular formula is C17H17N5O5S4. The summed E-state index contributed by atoms with van der Waals surface area (Å²) in [6.45, 7) is 0. The molecule has 0 saturated carbocycles. The van der Waals surface area contributed by atoms with Gasteiger partial charge in [0.1, 0.15) is 22.1 Å². The van der Waals surface area contributed by atoms with Gasteiger partial charge in [0.2, 0.25) is 5.91 Å². The Balaban J connectivity index is 1.36. The molecule has 0 spiro atoms. The minimum atomic E-state index is -1.26. The van der Waals surface area contributed by atoms with Crippen LogP contribution in [0.1, 0.15) is 6.42 Å². The highest BCUT2D eigenvalue weighted by Gasteiger charge is 2.54. The maximum atomic E-state index is 12.7. The smallest absolute Gasteiger partial charge is 0.352 e. The van der Waals surface area contributed by atoms with Crippen LogP contribution in [0.3, 0.4) is 0 Å². The predicted molar refractivity (Wildman–Crippen MR) is 117 cm³/mol. The van der Waals surface area contributed by atoms with Gasteiger partial charge in [-0.05, 0) is 17.0 Å². The van der Waals surface area contributed by atoms with E-state index in [0.717, 1.165) is 0 Å². The van der Waals surface area contributed by atoms with Crippen LogP contribution in [0.4, 0.5) is 0 Å². The highest BCUT2D eigenvalue weighted by atomic mass is 32.2. The van der Waals surface area contributed by atoms with E-state index in [-0.39, 0.29) is 23.8 Å². The second-order valence-electron chi connectivity index (χ2n) is 6.54. The average molecular weight is 500 g/mol. The zero-order chi connectivity index (χ0) is 22.0. The minimum Gasteiger partial charge on any atom is -0.477 e. The number of carbonyl (C=O) groups excluding carboxylic acids is 2. The fourth-order valence-corrected chi connectivity index (χ4v) is 7.51. The maximum Gasteiger partial charge on any atom is 0.352 e. The summed E-state index contributed by atoms with van der Waals surface area (Å²) in [5.74, 6) is -1.05. The fraction of sp³-hybridized carbons (Fsp3) is 0.353. The Bertz CT molecular complexity index is 1040. The molecule has 2 aliphatic rings. The van der Waals surface area contributed by atoms with Gasteiger partial charge < -0.3 is 10.4 Å². The van der Waals surface area contributed by atoms with E-state index in [1.807, 2.05) is 5.38 Å². The quantitative estimate of drug-likeness (QED) is 0.338. The lowest BCUT2D eigenvalue weighted by atomic mass is 10.0. The number of H-pyrrole nitrogens is 1. The number of fused-ring (bicyclic) bond motifs is 1. The zero-order valence-corrected chi connectivity index (χ0v) is 19.1. The van der Waals surface area contributed by atoms with Gasteiger partial charge in [0.05, 0.1) is 21.2 Å². The average Bonchev–Trinajstić information content (AvgIpc) is 3.47. The molecule has 31 heavy (non-hydrogen) atoms. The third-order valence-electron chi connectivity index (χ3n) is 4.59. The monoisotopic (exact) mass is 499 g/mol. The molecule has 14 heteroatoms. The molecule has 2 amide bonds. The van der Waals surface area contributed by atoms with Crippen LogP contribution in [0, 0.1) is 0 Å². The standard InChI is InChI=1S/C17H17N5O5S4/c23-10(3-5-31(27)12-2-1-4-28-12)19-13-15(24)22-14(17(25)26)9(8-30-16(13)22)7-29-11-6-18-21-20-11/h1-2,4,6,13,16H,3,5,7-8H2,(H,19,23)(H,25,26)(H,18,20,21)/t13?,16-,31?/m1/s1. The summed E-state index contributed by atoms with van der Waals surface area (Å²) in [6, 6.07) is 2.77. The predicted octanol–water partition coefficient (Wildman–Crippen LogP) is 0.895. The normalized spacial score (nSPS) is 21.4. The van der Waals surface area contributed by atoms with E-state index < -0.39 is 34.1 Å². The number of hydrogen-bond acceptors (Lipinski definition) is 9. The SMILES string of the molecule is O=C(CCS(=O)c1cccs1)NC1C(=O)N2C(C(=O)O)=C(CSc3cn[nH]n3)CS[C@H]12. The molecule has 0 radical (unpaired) electrons. The van der Waals surface area contributed by atoms with Crippen LogP contribution in [0.5, 0.6) is 0 Å². The minimum absolute atomic E-state index is 0.0207. The summed E-state index contributed by atoms with van der Waals surface area (Å²) in [7, 11) is -1.26. The molecule has 0 aromatic carbocycles. The second-order valence-corrected chi connectivity index (χ2v) is 11.4. The first-order valence-electron chi connectivity index (χ1n) is 9.05. The second kappa shape index (κ2) is 9.54.